The number of halogens is 1. The van der Waals surface area contributed by atoms with Gasteiger partial charge in [0.25, 0.3) is 0 Å². The van der Waals surface area contributed by atoms with E-state index in [1.54, 1.807) is 11.3 Å². The first-order valence-electron chi connectivity index (χ1n) is 5.10. The van der Waals surface area contributed by atoms with Crippen LogP contribution in [0.5, 0.6) is 0 Å². The summed E-state index contributed by atoms with van der Waals surface area (Å²) in [4.78, 5) is 9.86. The predicted molar refractivity (Wildman–Crippen MR) is 80.6 cm³/mol. The minimum atomic E-state index is 0. The highest BCUT2D eigenvalue weighted by atomic mass is 127. The molecule has 0 atom stereocenters. The summed E-state index contributed by atoms with van der Waals surface area (Å²) in [5.41, 5.74) is 6.76. The third kappa shape index (κ3) is 5.11. The van der Waals surface area contributed by atoms with Gasteiger partial charge in [0.1, 0.15) is 5.01 Å². The molecule has 0 aliphatic carbocycles. The lowest BCUT2D eigenvalue weighted by Crippen LogP contribution is -2.32. The Bertz CT molecular complexity index is 329. The minimum Gasteiger partial charge on any atom is -0.370 e. The smallest absolute Gasteiger partial charge is 0.189 e. The van der Waals surface area contributed by atoms with Crippen molar-refractivity contribution in [2.45, 2.75) is 33.7 Å². The zero-order valence-electron chi connectivity index (χ0n) is 9.91. The fourth-order valence-corrected chi connectivity index (χ4v) is 1.93. The summed E-state index contributed by atoms with van der Waals surface area (Å²) in [5.74, 6) is 0.502. The topological polar surface area (TPSA) is 63.3 Å². The monoisotopic (exact) mass is 354 g/mol. The fraction of sp³-hybridized carbons (Fsp3) is 0.600. The molecule has 0 aromatic carbocycles. The van der Waals surface area contributed by atoms with Gasteiger partial charge in [-0.1, -0.05) is 6.92 Å². The normalized spacial score (nSPS) is 11.1. The molecule has 1 aromatic heterocycles. The Morgan fingerprint density at radius 1 is 1.50 bits per heavy atom. The second-order valence-electron chi connectivity index (χ2n) is 3.38. The van der Waals surface area contributed by atoms with E-state index in [1.807, 2.05) is 6.92 Å². The number of rotatable bonds is 4. The second kappa shape index (κ2) is 7.83. The molecule has 4 nitrogen and oxygen atoms in total. The van der Waals surface area contributed by atoms with Crippen molar-refractivity contribution in [1.29, 1.82) is 0 Å². The molecule has 92 valence electrons. The van der Waals surface area contributed by atoms with Crippen LogP contribution in [-0.2, 0) is 6.54 Å². The SMILES string of the molecule is CCCNC(N)=NCc1nc(C)c(C)s1.I. The van der Waals surface area contributed by atoms with Crippen LogP contribution in [0.25, 0.3) is 0 Å². The van der Waals surface area contributed by atoms with Gasteiger partial charge in [-0.25, -0.2) is 9.98 Å². The Labute approximate surface area is 118 Å². The van der Waals surface area contributed by atoms with Gasteiger partial charge in [-0.05, 0) is 20.3 Å². The first-order valence-corrected chi connectivity index (χ1v) is 5.91. The van der Waals surface area contributed by atoms with Crippen molar-refractivity contribution in [2.75, 3.05) is 6.54 Å². The molecule has 6 heteroatoms. The number of guanidine groups is 1. The zero-order chi connectivity index (χ0) is 11.3. The zero-order valence-corrected chi connectivity index (χ0v) is 13.1. The van der Waals surface area contributed by atoms with E-state index in [9.17, 15) is 0 Å². The highest BCUT2D eigenvalue weighted by molar-refractivity contribution is 14.0. The molecule has 16 heavy (non-hydrogen) atoms. The molecule has 0 radical (unpaired) electrons. The van der Waals surface area contributed by atoms with E-state index < -0.39 is 0 Å². The number of thiazole rings is 1. The van der Waals surface area contributed by atoms with Crippen molar-refractivity contribution in [3.8, 4) is 0 Å². The molecule has 3 N–H and O–H groups in total. The van der Waals surface area contributed by atoms with Gasteiger partial charge in [0.05, 0.1) is 12.2 Å². The maximum atomic E-state index is 5.67. The third-order valence-electron chi connectivity index (χ3n) is 2.01. The van der Waals surface area contributed by atoms with Crippen molar-refractivity contribution < 1.29 is 0 Å². The molecule has 0 aliphatic rings. The van der Waals surface area contributed by atoms with E-state index in [0.717, 1.165) is 23.7 Å². The molecule has 1 rings (SSSR count). The maximum absolute atomic E-state index is 5.67. The van der Waals surface area contributed by atoms with Gasteiger partial charge in [-0.15, -0.1) is 35.3 Å². The van der Waals surface area contributed by atoms with Crippen molar-refractivity contribution in [2.24, 2.45) is 10.7 Å². The minimum absolute atomic E-state index is 0. The van der Waals surface area contributed by atoms with E-state index in [2.05, 4.69) is 29.1 Å². The molecule has 0 saturated heterocycles. The lowest BCUT2D eigenvalue weighted by molar-refractivity contribution is 0.824. The number of hydrogen-bond acceptors (Lipinski definition) is 3. The van der Waals surface area contributed by atoms with E-state index in [0.29, 0.717) is 12.5 Å². The van der Waals surface area contributed by atoms with Crippen LogP contribution in [-0.4, -0.2) is 17.5 Å². The van der Waals surface area contributed by atoms with Crippen LogP contribution in [0.1, 0.15) is 28.9 Å². The Hall–Kier alpha value is -0.370. The number of aliphatic imine (C=N–C) groups is 1. The first kappa shape index (κ1) is 15.6. The summed E-state index contributed by atoms with van der Waals surface area (Å²) < 4.78 is 0. The standard InChI is InChI=1S/C10H18N4S.HI/c1-4-5-12-10(11)13-6-9-14-7(2)8(3)15-9;/h4-6H2,1-3H3,(H3,11,12,13);1H. The third-order valence-corrected chi connectivity index (χ3v) is 3.07. The number of hydrogen-bond donors (Lipinski definition) is 2. The largest absolute Gasteiger partial charge is 0.370 e. The quantitative estimate of drug-likeness (QED) is 0.495. The molecular weight excluding hydrogens is 335 g/mol. The average Bonchev–Trinajstić information content (AvgIpc) is 2.52. The van der Waals surface area contributed by atoms with Crippen molar-refractivity contribution in [3.05, 3.63) is 15.6 Å². The summed E-state index contributed by atoms with van der Waals surface area (Å²) in [7, 11) is 0. The molecule has 0 fully saturated rings. The van der Waals surface area contributed by atoms with Crippen LogP contribution in [0, 0.1) is 13.8 Å². The lowest BCUT2D eigenvalue weighted by Gasteiger charge is -2.01. The van der Waals surface area contributed by atoms with E-state index in [1.165, 1.54) is 4.88 Å². The van der Waals surface area contributed by atoms with Gasteiger partial charge in [0.2, 0.25) is 0 Å². The summed E-state index contributed by atoms with van der Waals surface area (Å²) in [6, 6.07) is 0. The molecule has 0 spiro atoms. The molecule has 0 saturated carbocycles. The van der Waals surface area contributed by atoms with Gasteiger partial charge < -0.3 is 11.1 Å². The summed E-state index contributed by atoms with van der Waals surface area (Å²) in [6.07, 6.45) is 1.05. The Kier molecular flexibility index (Phi) is 7.65. The predicted octanol–water partition coefficient (Wildman–Crippen LogP) is 2.19. The Morgan fingerprint density at radius 2 is 2.19 bits per heavy atom. The van der Waals surface area contributed by atoms with Crippen molar-refractivity contribution >= 4 is 41.3 Å². The summed E-state index contributed by atoms with van der Waals surface area (Å²) >= 11 is 1.68. The Morgan fingerprint density at radius 3 is 2.69 bits per heavy atom. The van der Waals surface area contributed by atoms with Gasteiger partial charge in [-0.3, -0.25) is 0 Å². The summed E-state index contributed by atoms with van der Waals surface area (Å²) in [5, 5.41) is 4.05. The number of nitrogens with one attached hydrogen (secondary N) is 1. The highest BCUT2D eigenvalue weighted by Crippen LogP contribution is 2.16. The van der Waals surface area contributed by atoms with Gasteiger partial charge in [0.15, 0.2) is 5.96 Å². The number of aromatic nitrogens is 1. The fourth-order valence-electron chi connectivity index (χ4n) is 1.07. The highest BCUT2D eigenvalue weighted by Gasteiger charge is 2.02. The molecular formula is C10H19IN4S. The van der Waals surface area contributed by atoms with E-state index >= 15 is 0 Å². The van der Waals surface area contributed by atoms with Gasteiger partial charge in [0, 0.05) is 11.4 Å². The van der Waals surface area contributed by atoms with Crippen LogP contribution in [0.15, 0.2) is 4.99 Å². The molecule has 1 heterocycles. The Balaban J connectivity index is 0.00000225. The number of aryl methyl sites for hydroxylation is 2. The maximum Gasteiger partial charge on any atom is 0.189 e. The molecule has 0 aliphatic heterocycles. The van der Waals surface area contributed by atoms with Crippen molar-refractivity contribution in [1.82, 2.24) is 10.3 Å². The number of nitrogens with zero attached hydrogens (tertiary/aromatic N) is 2. The van der Waals surface area contributed by atoms with Gasteiger partial charge in [-0.2, -0.15) is 0 Å². The van der Waals surface area contributed by atoms with Gasteiger partial charge >= 0.3 is 0 Å². The van der Waals surface area contributed by atoms with Crippen LogP contribution in [0.3, 0.4) is 0 Å². The van der Waals surface area contributed by atoms with E-state index in [4.69, 9.17) is 5.73 Å². The van der Waals surface area contributed by atoms with Crippen LogP contribution >= 0.6 is 35.3 Å². The van der Waals surface area contributed by atoms with Crippen molar-refractivity contribution in [3.63, 3.8) is 0 Å². The average molecular weight is 354 g/mol. The molecule has 0 amide bonds. The molecule has 0 bridgehead atoms. The number of nitrogens with two attached hydrogens (primary N) is 1. The first-order chi connectivity index (χ1) is 7.13. The van der Waals surface area contributed by atoms with Crippen LogP contribution in [0.2, 0.25) is 0 Å². The lowest BCUT2D eigenvalue weighted by atomic mass is 10.4. The van der Waals surface area contributed by atoms with E-state index in [-0.39, 0.29) is 24.0 Å². The molecule has 1 aromatic rings. The summed E-state index contributed by atoms with van der Waals surface area (Å²) in [6.45, 7) is 7.61. The van der Waals surface area contributed by atoms with Crippen LogP contribution < -0.4 is 11.1 Å². The molecule has 0 unspecified atom stereocenters. The second-order valence-corrected chi connectivity index (χ2v) is 4.67. The van der Waals surface area contributed by atoms with Crippen LogP contribution in [0.4, 0.5) is 0 Å².